The third-order valence-electron chi connectivity index (χ3n) is 3.04. The monoisotopic (exact) mass is 257 g/mol. The Bertz CT molecular complexity index is 218. The van der Waals surface area contributed by atoms with Crippen molar-refractivity contribution >= 4 is 17.7 Å². The van der Waals surface area contributed by atoms with Gasteiger partial charge in [-0.1, -0.05) is 46.0 Å². The van der Waals surface area contributed by atoms with Crippen LogP contribution in [0.25, 0.3) is 0 Å². The molecule has 0 spiro atoms. The molecule has 1 heterocycles. The smallest absolute Gasteiger partial charge is 0.187 e. The molecule has 1 atom stereocenters. The molecule has 1 rings (SSSR count). The van der Waals surface area contributed by atoms with Crippen LogP contribution in [0.4, 0.5) is 0 Å². The van der Waals surface area contributed by atoms with Crippen LogP contribution in [0.15, 0.2) is 4.99 Å². The minimum absolute atomic E-state index is 0.502. The molecule has 100 valence electrons. The molecule has 1 aliphatic rings. The van der Waals surface area contributed by atoms with Gasteiger partial charge >= 0.3 is 0 Å². The first kappa shape index (κ1) is 14.9. The van der Waals surface area contributed by atoms with Crippen LogP contribution in [0, 0.1) is 5.92 Å². The van der Waals surface area contributed by atoms with Gasteiger partial charge in [-0.2, -0.15) is 11.8 Å². The van der Waals surface area contributed by atoms with Gasteiger partial charge in [-0.3, -0.25) is 4.99 Å². The molecule has 0 saturated carbocycles. The molecule has 2 nitrogen and oxygen atoms in total. The van der Waals surface area contributed by atoms with Crippen molar-refractivity contribution in [3.63, 3.8) is 0 Å². The molecule has 0 radical (unpaired) electrons. The van der Waals surface area contributed by atoms with E-state index >= 15 is 0 Å². The zero-order chi connectivity index (χ0) is 12.3. The van der Waals surface area contributed by atoms with Gasteiger partial charge in [0.25, 0.3) is 0 Å². The van der Waals surface area contributed by atoms with Crippen LogP contribution in [0.3, 0.4) is 0 Å². The second-order valence-electron chi connectivity index (χ2n) is 4.81. The molecule has 0 saturated heterocycles. The number of hydrogen-bond donors (Lipinski definition) is 0. The maximum Gasteiger partial charge on any atom is 0.187 e. The van der Waals surface area contributed by atoms with Crippen LogP contribution < -0.4 is 0 Å². The second kappa shape index (κ2) is 9.81. The highest BCUT2D eigenvalue weighted by atomic mass is 32.2. The zero-order valence-electron chi connectivity index (χ0n) is 11.4. The van der Waals surface area contributed by atoms with Crippen LogP contribution in [0.2, 0.25) is 0 Å². The molecule has 1 unspecified atom stereocenters. The van der Waals surface area contributed by atoms with Gasteiger partial charge in [0, 0.05) is 11.7 Å². The van der Waals surface area contributed by atoms with Crippen LogP contribution in [-0.4, -0.2) is 30.6 Å². The zero-order valence-corrected chi connectivity index (χ0v) is 12.2. The van der Waals surface area contributed by atoms with Gasteiger partial charge in [0.15, 0.2) is 5.90 Å². The Labute approximate surface area is 111 Å². The third-order valence-corrected chi connectivity index (χ3v) is 4.35. The van der Waals surface area contributed by atoms with Gasteiger partial charge in [-0.05, 0) is 12.2 Å². The van der Waals surface area contributed by atoms with E-state index in [1.165, 1.54) is 44.3 Å². The highest BCUT2D eigenvalue weighted by Gasteiger charge is 2.15. The average molecular weight is 257 g/mol. The van der Waals surface area contributed by atoms with Gasteiger partial charge in [0.1, 0.15) is 6.61 Å². The molecule has 0 aromatic rings. The number of thioether (sulfide) groups is 1. The minimum Gasteiger partial charge on any atom is -0.479 e. The molecule has 0 aromatic heterocycles. The van der Waals surface area contributed by atoms with Crippen molar-refractivity contribution in [3.8, 4) is 0 Å². The summed E-state index contributed by atoms with van der Waals surface area (Å²) in [7, 11) is 0. The molecule has 0 amide bonds. The maximum absolute atomic E-state index is 5.47. The average Bonchev–Trinajstić information content (AvgIpc) is 2.86. The molecule has 0 fully saturated rings. The molecule has 0 bridgehead atoms. The normalized spacial score (nSPS) is 16.7. The lowest BCUT2D eigenvalue weighted by atomic mass is 10.1. The van der Waals surface area contributed by atoms with Crippen LogP contribution in [0.5, 0.6) is 0 Å². The maximum atomic E-state index is 5.47. The van der Waals surface area contributed by atoms with Crippen molar-refractivity contribution in [2.45, 2.75) is 52.4 Å². The third kappa shape index (κ3) is 6.97. The summed E-state index contributed by atoms with van der Waals surface area (Å²) in [6, 6.07) is 0. The summed E-state index contributed by atoms with van der Waals surface area (Å²) in [4.78, 5) is 4.37. The lowest BCUT2D eigenvalue weighted by Gasteiger charge is -2.10. The number of hydrogen-bond acceptors (Lipinski definition) is 3. The van der Waals surface area contributed by atoms with Crippen LogP contribution >= 0.6 is 11.8 Å². The van der Waals surface area contributed by atoms with Crippen molar-refractivity contribution in [3.05, 3.63) is 0 Å². The largest absolute Gasteiger partial charge is 0.479 e. The van der Waals surface area contributed by atoms with Gasteiger partial charge in [-0.15, -0.1) is 0 Å². The molecule has 1 aliphatic heterocycles. The standard InChI is InChI=1S/C14H27NOS/c1-3-4-5-6-7-8-11-17-12-13(2)14-15-9-10-16-14/h13H,3-12H2,1-2H3. The molecule has 0 N–H and O–H groups in total. The first-order chi connectivity index (χ1) is 8.34. The van der Waals surface area contributed by atoms with E-state index in [1.807, 2.05) is 0 Å². The SMILES string of the molecule is CCCCCCCCSCC(C)C1=NCCO1. The Morgan fingerprint density at radius 2 is 2.00 bits per heavy atom. The highest BCUT2D eigenvalue weighted by Crippen LogP contribution is 2.15. The van der Waals surface area contributed by atoms with Crippen molar-refractivity contribution in [1.82, 2.24) is 0 Å². The van der Waals surface area contributed by atoms with E-state index in [-0.39, 0.29) is 0 Å². The van der Waals surface area contributed by atoms with Gasteiger partial charge in [0.05, 0.1) is 6.54 Å². The summed E-state index contributed by atoms with van der Waals surface area (Å²) in [5, 5.41) is 0. The number of unbranched alkanes of at least 4 members (excludes halogenated alkanes) is 5. The van der Waals surface area contributed by atoms with E-state index in [0.29, 0.717) is 5.92 Å². The van der Waals surface area contributed by atoms with Crippen LogP contribution in [0.1, 0.15) is 52.4 Å². The number of aliphatic imine (C=N–C) groups is 1. The molecule has 17 heavy (non-hydrogen) atoms. The fraction of sp³-hybridized carbons (Fsp3) is 0.929. The fourth-order valence-electron chi connectivity index (χ4n) is 1.97. The van der Waals surface area contributed by atoms with E-state index in [9.17, 15) is 0 Å². The summed E-state index contributed by atoms with van der Waals surface area (Å²) in [5.41, 5.74) is 0. The van der Waals surface area contributed by atoms with Gasteiger partial charge in [0.2, 0.25) is 0 Å². The predicted molar refractivity (Wildman–Crippen MR) is 78.1 cm³/mol. The van der Waals surface area contributed by atoms with Crippen molar-refractivity contribution in [2.24, 2.45) is 10.9 Å². The quantitative estimate of drug-likeness (QED) is 0.548. The lowest BCUT2D eigenvalue weighted by molar-refractivity contribution is 0.329. The Morgan fingerprint density at radius 1 is 1.24 bits per heavy atom. The van der Waals surface area contributed by atoms with E-state index < -0.39 is 0 Å². The van der Waals surface area contributed by atoms with E-state index in [4.69, 9.17) is 4.74 Å². The van der Waals surface area contributed by atoms with Crippen molar-refractivity contribution in [1.29, 1.82) is 0 Å². The molecule has 0 aromatic carbocycles. The Balaban J connectivity index is 1.86. The molecular formula is C14H27NOS. The second-order valence-corrected chi connectivity index (χ2v) is 5.96. The first-order valence-electron chi connectivity index (χ1n) is 7.09. The lowest BCUT2D eigenvalue weighted by Crippen LogP contribution is -2.13. The summed E-state index contributed by atoms with van der Waals surface area (Å²) in [5.74, 6) is 3.94. The number of ether oxygens (including phenoxy) is 1. The summed E-state index contributed by atoms with van der Waals surface area (Å²) in [6.45, 7) is 6.15. The highest BCUT2D eigenvalue weighted by molar-refractivity contribution is 7.99. The van der Waals surface area contributed by atoms with E-state index in [2.05, 4.69) is 30.6 Å². The summed E-state index contributed by atoms with van der Waals surface area (Å²) in [6.07, 6.45) is 8.35. The Hall–Kier alpha value is -0.180. The van der Waals surface area contributed by atoms with Crippen LogP contribution in [-0.2, 0) is 4.74 Å². The first-order valence-corrected chi connectivity index (χ1v) is 8.25. The van der Waals surface area contributed by atoms with Crippen molar-refractivity contribution < 1.29 is 4.74 Å². The number of nitrogens with zero attached hydrogens (tertiary/aromatic N) is 1. The van der Waals surface area contributed by atoms with Gasteiger partial charge in [-0.25, -0.2) is 0 Å². The Kier molecular flexibility index (Phi) is 8.59. The van der Waals surface area contributed by atoms with Crippen molar-refractivity contribution in [2.75, 3.05) is 24.7 Å². The number of rotatable bonds is 10. The van der Waals surface area contributed by atoms with E-state index in [1.54, 1.807) is 0 Å². The minimum atomic E-state index is 0.502. The Morgan fingerprint density at radius 3 is 2.71 bits per heavy atom. The topological polar surface area (TPSA) is 21.6 Å². The molecule has 3 heteroatoms. The molecular weight excluding hydrogens is 230 g/mol. The fourth-order valence-corrected chi connectivity index (χ4v) is 3.04. The van der Waals surface area contributed by atoms with Gasteiger partial charge < -0.3 is 4.74 Å². The predicted octanol–water partition coefficient (Wildman–Crippen LogP) is 4.14. The van der Waals surface area contributed by atoms with E-state index in [0.717, 1.165) is 24.8 Å². The summed E-state index contributed by atoms with van der Waals surface area (Å²) < 4.78 is 5.47. The molecule has 0 aliphatic carbocycles. The summed E-state index contributed by atoms with van der Waals surface area (Å²) >= 11 is 2.05.